The first kappa shape index (κ1) is 16.7. The Morgan fingerprint density at radius 2 is 1.95 bits per heavy atom. The van der Waals surface area contributed by atoms with Gasteiger partial charge in [0.25, 0.3) is 0 Å². The molecule has 0 amide bonds. The number of ether oxygens (including phenoxy) is 1. The summed E-state index contributed by atoms with van der Waals surface area (Å²) in [7, 11) is -3.65. The van der Waals surface area contributed by atoms with E-state index >= 15 is 0 Å². The normalized spacial score (nSPS) is 11.4. The van der Waals surface area contributed by atoms with E-state index in [9.17, 15) is 12.8 Å². The van der Waals surface area contributed by atoms with Gasteiger partial charge in [0, 0.05) is 11.6 Å². The fourth-order valence-corrected chi connectivity index (χ4v) is 2.98. The van der Waals surface area contributed by atoms with Crippen molar-refractivity contribution in [2.45, 2.75) is 11.8 Å². The van der Waals surface area contributed by atoms with Crippen LogP contribution in [-0.2, 0) is 10.0 Å². The topological polar surface area (TPSA) is 55.4 Å². The van der Waals surface area contributed by atoms with E-state index in [1.807, 2.05) is 0 Å². The van der Waals surface area contributed by atoms with E-state index in [2.05, 4.69) is 4.72 Å². The van der Waals surface area contributed by atoms with E-state index in [1.54, 1.807) is 19.1 Å². The van der Waals surface area contributed by atoms with Crippen molar-refractivity contribution in [3.05, 3.63) is 58.9 Å². The van der Waals surface area contributed by atoms with Crippen LogP contribution in [0.4, 0.5) is 4.39 Å². The maximum Gasteiger partial charge on any atom is 0.240 e. The summed E-state index contributed by atoms with van der Waals surface area (Å²) in [5.41, 5.74) is 0.673. The average molecular weight is 344 g/mol. The van der Waals surface area contributed by atoms with E-state index in [-0.39, 0.29) is 23.8 Å². The number of benzene rings is 2. The standard InChI is InChI=1S/C15H15ClFNO3S/c1-11-10-12(6-7-13(11)16)22(19,20)18-8-9-21-15-5-3-2-4-14(15)17/h2-7,10,18H,8-9H2,1H3. The second-order valence-corrected chi connectivity index (χ2v) is 6.76. The van der Waals surface area contributed by atoms with Gasteiger partial charge in [-0.05, 0) is 42.8 Å². The first-order chi connectivity index (χ1) is 10.4. The predicted molar refractivity (Wildman–Crippen MR) is 83.3 cm³/mol. The molecule has 0 radical (unpaired) electrons. The molecule has 0 spiro atoms. The molecule has 0 aliphatic rings. The first-order valence-electron chi connectivity index (χ1n) is 6.53. The van der Waals surface area contributed by atoms with Crippen molar-refractivity contribution in [1.82, 2.24) is 4.72 Å². The van der Waals surface area contributed by atoms with E-state index in [0.29, 0.717) is 10.6 Å². The minimum absolute atomic E-state index is 0.0206. The molecule has 0 aliphatic carbocycles. The third-order valence-corrected chi connectivity index (χ3v) is 4.81. The smallest absolute Gasteiger partial charge is 0.240 e. The van der Waals surface area contributed by atoms with Crippen LogP contribution in [0.2, 0.25) is 5.02 Å². The Kier molecular flexibility index (Phi) is 5.39. The van der Waals surface area contributed by atoms with Crippen LogP contribution in [0.1, 0.15) is 5.56 Å². The van der Waals surface area contributed by atoms with Crippen LogP contribution >= 0.6 is 11.6 Å². The van der Waals surface area contributed by atoms with Crippen LogP contribution in [0.3, 0.4) is 0 Å². The zero-order valence-electron chi connectivity index (χ0n) is 11.8. The van der Waals surface area contributed by atoms with Crippen LogP contribution in [0.25, 0.3) is 0 Å². The molecule has 22 heavy (non-hydrogen) atoms. The molecule has 4 nitrogen and oxygen atoms in total. The number of rotatable bonds is 6. The highest BCUT2D eigenvalue weighted by molar-refractivity contribution is 7.89. The average Bonchev–Trinajstić information content (AvgIpc) is 2.48. The number of hydrogen-bond donors (Lipinski definition) is 1. The lowest BCUT2D eigenvalue weighted by molar-refractivity contribution is 0.306. The molecular weight excluding hydrogens is 329 g/mol. The monoisotopic (exact) mass is 343 g/mol. The second kappa shape index (κ2) is 7.09. The minimum Gasteiger partial charge on any atom is -0.489 e. The fraction of sp³-hybridized carbons (Fsp3) is 0.200. The molecule has 0 bridgehead atoms. The molecule has 0 fully saturated rings. The summed E-state index contributed by atoms with van der Waals surface area (Å²) in [6.45, 7) is 1.77. The van der Waals surface area contributed by atoms with Gasteiger partial charge >= 0.3 is 0 Å². The van der Waals surface area contributed by atoms with E-state index < -0.39 is 15.8 Å². The molecule has 2 aromatic carbocycles. The summed E-state index contributed by atoms with van der Waals surface area (Å²) < 4.78 is 45.1. The van der Waals surface area contributed by atoms with Crippen molar-refractivity contribution < 1.29 is 17.5 Å². The molecule has 118 valence electrons. The Hall–Kier alpha value is -1.63. The third-order valence-electron chi connectivity index (χ3n) is 2.93. The molecule has 2 aromatic rings. The van der Waals surface area contributed by atoms with Gasteiger partial charge in [-0.2, -0.15) is 0 Å². The molecule has 0 saturated heterocycles. The summed E-state index contributed by atoms with van der Waals surface area (Å²) in [4.78, 5) is 0.125. The molecule has 0 saturated carbocycles. The molecule has 0 unspecified atom stereocenters. The minimum atomic E-state index is -3.65. The van der Waals surface area contributed by atoms with Gasteiger partial charge in [-0.15, -0.1) is 0 Å². The second-order valence-electron chi connectivity index (χ2n) is 4.59. The Bertz CT molecular complexity index is 765. The number of para-hydroxylation sites is 1. The number of hydrogen-bond acceptors (Lipinski definition) is 3. The maximum absolute atomic E-state index is 13.3. The number of halogens is 2. The molecule has 0 aliphatic heterocycles. The van der Waals surface area contributed by atoms with Crippen LogP contribution in [0.5, 0.6) is 5.75 Å². The van der Waals surface area contributed by atoms with Crippen LogP contribution in [0, 0.1) is 12.7 Å². The van der Waals surface area contributed by atoms with Crippen molar-refractivity contribution in [2.75, 3.05) is 13.2 Å². The molecule has 0 aromatic heterocycles. The SMILES string of the molecule is Cc1cc(S(=O)(=O)NCCOc2ccccc2F)ccc1Cl. The summed E-state index contributed by atoms with van der Waals surface area (Å²) >= 11 is 5.87. The zero-order chi connectivity index (χ0) is 16.2. The lowest BCUT2D eigenvalue weighted by Gasteiger charge is -2.10. The Morgan fingerprint density at radius 1 is 1.23 bits per heavy atom. The van der Waals surface area contributed by atoms with Crippen molar-refractivity contribution in [1.29, 1.82) is 0 Å². The van der Waals surface area contributed by atoms with E-state index in [0.717, 1.165) is 0 Å². The number of aryl methyl sites for hydroxylation is 1. The Labute approximate surface area is 133 Å². The fourth-order valence-electron chi connectivity index (χ4n) is 1.77. The van der Waals surface area contributed by atoms with Crippen molar-refractivity contribution in [3.63, 3.8) is 0 Å². The van der Waals surface area contributed by atoms with Gasteiger partial charge in [0.1, 0.15) is 6.61 Å². The Morgan fingerprint density at radius 3 is 2.64 bits per heavy atom. The summed E-state index contributed by atoms with van der Waals surface area (Å²) in [5.74, 6) is -0.400. The van der Waals surface area contributed by atoms with E-state index in [4.69, 9.17) is 16.3 Å². The summed E-state index contributed by atoms with van der Waals surface area (Å²) in [6.07, 6.45) is 0. The van der Waals surface area contributed by atoms with E-state index in [1.165, 1.54) is 30.3 Å². The first-order valence-corrected chi connectivity index (χ1v) is 8.39. The summed E-state index contributed by atoms with van der Waals surface area (Å²) in [5, 5.41) is 0.502. The van der Waals surface area contributed by atoms with Gasteiger partial charge in [0.2, 0.25) is 10.0 Å². The lowest BCUT2D eigenvalue weighted by Crippen LogP contribution is -2.28. The van der Waals surface area contributed by atoms with Crippen molar-refractivity contribution in [2.24, 2.45) is 0 Å². The molecular formula is C15H15ClFNO3S. The predicted octanol–water partition coefficient (Wildman–Crippen LogP) is 3.14. The van der Waals surface area contributed by atoms with Gasteiger partial charge in [-0.3, -0.25) is 0 Å². The largest absolute Gasteiger partial charge is 0.489 e. The van der Waals surface area contributed by atoms with Crippen molar-refractivity contribution in [3.8, 4) is 5.75 Å². The van der Waals surface area contributed by atoms with Crippen LogP contribution in [0.15, 0.2) is 47.4 Å². The third kappa shape index (κ3) is 4.19. The molecule has 0 atom stereocenters. The lowest BCUT2D eigenvalue weighted by atomic mass is 10.2. The van der Waals surface area contributed by atoms with Gasteiger partial charge in [0.15, 0.2) is 11.6 Å². The molecule has 1 N–H and O–H groups in total. The number of sulfonamides is 1. The van der Waals surface area contributed by atoms with Crippen molar-refractivity contribution >= 4 is 21.6 Å². The molecule has 0 heterocycles. The Balaban J connectivity index is 1.93. The quantitative estimate of drug-likeness (QED) is 0.820. The van der Waals surface area contributed by atoms with Gasteiger partial charge in [0.05, 0.1) is 4.90 Å². The summed E-state index contributed by atoms with van der Waals surface area (Å²) in [6, 6.07) is 10.4. The molecule has 7 heteroatoms. The number of nitrogens with one attached hydrogen (secondary N) is 1. The zero-order valence-corrected chi connectivity index (χ0v) is 13.4. The molecule has 2 rings (SSSR count). The van der Waals surface area contributed by atoms with Gasteiger partial charge < -0.3 is 4.74 Å². The van der Waals surface area contributed by atoms with Gasteiger partial charge in [-0.25, -0.2) is 17.5 Å². The van der Waals surface area contributed by atoms with Crippen LogP contribution in [-0.4, -0.2) is 21.6 Å². The highest BCUT2D eigenvalue weighted by Crippen LogP contribution is 2.19. The highest BCUT2D eigenvalue weighted by atomic mass is 35.5. The maximum atomic E-state index is 13.3. The van der Waals surface area contributed by atoms with Crippen LogP contribution < -0.4 is 9.46 Å². The highest BCUT2D eigenvalue weighted by Gasteiger charge is 2.14. The van der Waals surface area contributed by atoms with Gasteiger partial charge in [-0.1, -0.05) is 23.7 Å².